The molecule has 0 unspecified atom stereocenters. The number of rotatable bonds is 5. The van der Waals surface area contributed by atoms with Crippen molar-refractivity contribution in [2.45, 2.75) is 19.8 Å². The number of nitrogens with zero attached hydrogens (tertiary/aromatic N) is 1. The number of carbonyl (C=O) groups excluding carboxylic acids is 1. The normalized spacial score (nSPS) is 13.9. The molecule has 4 heteroatoms. The summed E-state index contributed by atoms with van der Waals surface area (Å²) in [5, 5.41) is 2.97. The van der Waals surface area contributed by atoms with E-state index in [1.165, 1.54) is 18.5 Å². The molecule has 1 aliphatic heterocycles. The SMILES string of the molecule is CCOc1cccc(C(=O)Nc2cccc(N3CCCC3)c2)c1. The van der Waals surface area contributed by atoms with Crippen LogP contribution in [0.3, 0.4) is 0 Å². The molecule has 4 nitrogen and oxygen atoms in total. The molecule has 3 rings (SSSR count). The van der Waals surface area contributed by atoms with Gasteiger partial charge in [0, 0.05) is 30.0 Å². The lowest BCUT2D eigenvalue weighted by Gasteiger charge is -2.18. The minimum Gasteiger partial charge on any atom is -0.494 e. The van der Waals surface area contributed by atoms with E-state index in [1.54, 1.807) is 12.1 Å². The van der Waals surface area contributed by atoms with Gasteiger partial charge in [0.25, 0.3) is 5.91 Å². The summed E-state index contributed by atoms with van der Waals surface area (Å²) >= 11 is 0. The van der Waals surface area contributed by atoms with Gasteiger partial charge >= 0.3 is 0 Å². The Morgan fingerprint density at radius 2 is 1.91 bits per heavy atom. The molecule has 2 aromatic rings. The summed E-state index contributed by atoms with van der Waals surface area (Å²) in [6.07, 6.45) is 2.47. The third-order valence-electron chi connectivity index (χ3n) is 3.98. The van der Waals surface area contributed by atoms with Crippen molar-refractivity contribution in [2.75, 3.05) is 29.9 Å². The first-order valence-electron chi connectivity index (χ1n) is 8.15. The second-order valence-electron chi connectivity index (χ2n) is 5.66. The fourth-order valence-electron chi connectivity index (χ4n) is 2.85. The molecule has 2 aromatic carbocycles. The Bertz CT molecular complexity index is 679. The van der Waals surface area contributed by atoms with Crippen molar-refractivity contribution < 1.29 is 9.53 Å². The lowest BCUT2D eigenvalue weighted by Crippen LogP contribution is -2.18. The molecule has 1 fully saturated rings. The Morgan fingerprint density at radius 1 is 1.13 bits per heavy atom. The van der Waals surface area contributed by atoms with E-state index >= 15 is 0 Å². The number of hydrogen-bond acceptors (Lipinski definition) is 3. The molecule has 1 amide bonds. The molecule has 1 saturated heterocycles. The van der Waals surface area contributed by atoms with E-state index in [2.05, 4.69) is 16.3 Å². The van der Waals surface area contributed by atoms with Gasteiger partial charge in [-0.15, -0.1) is 0 Å². The van der Waals surface area contributed by atoms with E-state index in [-0.39, 0.29) is 5.91 Å². The fraction of sp³-hybridized carbons (Fsp3) is 0.316. The van der Waals surface area contributed by atoms with Crippen LogP contribution in [0.1, 0.15) is 30.1 Å². The minimum absolute atomic E-state index is 0.120. The predicted octanol–water partition coefficient (Wildman–Crippen LogP) is 3.94. The van der Waals surface area contributed by atoms with Gasteiger partial charge in [-0.05, 0) is 56.2 Å². The first-order valence-corrected chi connectivity index (χ1v) is 8.15. The average molecular weight is 310 g/mol. The number of carbonyl (C=O) groups is 1. The van der Waals surface area contributed by atoms with Gasteiger partial charge in [-0.2, -0.15) is 0 Å². The minimum atomic E-state index is -0.120. The maximum Gasteiger partial charge on any atom is 0.255 e. The van der Waals surface area contributed by atoms with Gasteiger partial charge in [0.05, 0.1) is 6.61 Å². The standard InChI is InChI=1S/C19H22N2O2/c1-2-23-18-10-5-7-15(13-18)19(22)20-16-8-6-9-17(14-16)21-11-3-4-12-21/h5-10,13-14H,2-4,11-12H2,1H3,(H,20,22). The molecule has 1 aliphatic rings. The van der Waals surface area contributed by atoms with Crippen molar-refractivity contribution in [3.63, 3.8) is 0 Å². The van der Waals surface area contributed by atoms with Crippen molar-refractivity contribution in [1.29, 1.82) is 0 Å². The molecular weight excluding hydrogens is 288 g/mol. The molecule has 0 bridgehead atoms. The monoisotopic (exact) mass is 310 g/mol. The highest BCUT2D eigenvalue weighted by atomic mass is 16.5. The van der Waals surface area contributed by atoms with Crippen LogP contribution in [0.4, 0.5) is 11.4 Å². The summed E-state index contributed by atoms with van der Waals surface area (Å²) in [6.45, 7) is 4.70. The zero-order valence-corrected chi connectivity index (χ0v) is 13.4. The second kappa shape index (κ2) is 7.18. The quantitative estimate of drug-likeness (QED) is 0.909. The van der Waals surface area contributed by atoms with E-state index in [4.69, 9.17) is 4.74 Å². The van der Waals surface area contributed by atoms with Crippen LogP contribution in [0.15, 0.2) is 48.5 Å². The summed E-state index contributed by atoms with van der Waals surface area (Å²) in [7, 11) is 0. The third kappa shape index (κ3) is 3.83. The molecule has 0 radical (unpaired) electrons. The first-order chi connectivity index (χ1) is 11.3. The Kier molecular flexibility index (Phi) is 4.81. The molecule has 0 aliphatic carbocycles. The Morgan fingerprint density at radius 3 is 2.70 bits per heavy atom. The number of hydrogen-bond donors (Lipinski definition) is 1. The van der Waals surface area contributed by atoms with Crippen LogP contribution in [0.25, 0.3) is 0 Å². The molecule has 120 valence electrons. The van der Waals surface area contributed by atoms with Gasteiger partial charge < -0.3 is 15.0 Å². The fourth-order valence-corrected chi connectivity index (χ4v) is 2.85. The summed E-state index contributed by atoms with van der Waals surface area (Å²) in [4.78, 5) is 14.8. The maximum atomic E-state index is 12.4. The number of amides is 1. The third-order valence-corrected chi connectivity index (χ3v) is 3.98. The van der Waals surface area contributed by atoms with Crippen molar-refractivity contribution in [1.82, 2.24) is 0 Å². The molecule has 0 aromatic heterocycles. The molecule has 0 saturated carbocycles. The van der Waals surface area contributed by atoms with Crippen LogP contribution in [-0.4, -0.2) is 25.6 Å². The number of benzene rings is 2. The van der Waals surface area contributed by atoms with Crippen LogP contribution in [0.5, 0.6) is 5.75 Å². The van der Waals surface area contributed by atoms with Gasteiger partial charge in [-0.1, -0.05) is 12.1 Å². The van der Waals surface area contributed by atoms with Gasteiger partial charge in [0.2, 0.25) is 0 Å². The summed E-state index contributed by atoms with van der Waals surface area (Å²) in [6, 6.07) is 15.3. The predicted molar refractivity (Wildman–Crippen MR) is 93.5 cm³/mol. The highest BCUT2D eigenvalue weighted by Gasteiger charge is 2.13. The Hall–Kier alpha value is -2.49. The van der Waals surface area contributed by atoms with Gasteiger partial charge in [0.1, 0.15) is 5.75 Å². The van der Waals surface area contributed by atoms with Crippen molar-refractivity contribution >= 4 is 17.3 Å². The van der Waals surface area contributed by atoms with Gasteiger partial charge in [-0.3, -0.25) is 4.79 Å². The van der Waals surface area contributed by atoms with Crippen molar-refractivity contribution in [3.8, 4) is 5.75 Å². The zero-order chi connectivity index (χ0) is 16.1. The lowest BCUT2D eigenvalue weighted by molar-refractivity contribution is 0.102. The Balaban J connectivity index is 1.72. The van der Waals surface area contributed by atoms with Crippen molar-refractivity contribution in [2.24, 2.45) is 0 Å². The molecule has 1 N–H and O–H groups in total. The van der Waals surface area contributed by atoms with Crippen molar-refractivity contribution in [3.05, 3.63) is 54.1 Å². The molecule has 0 spiro atoms. The highest BCUT2D eigenvalue weighted by molar-refractivity contribution is 6.04. The van der Waals surface area contributed by atoms with Crippen LogP contribution in [0, 0.1) is 0 Å². The molecule has 23 heavy (non-hydrogen) atoms. The van der Waals surface area contributed by atoms with Crippen LogP contribution >= 0.6 is 0 Å². The van der Waals surface area contributed by atoms with Gasteiger partial charge in [0.15, 0.2) is 0 Å². The number of nitrogens with one attached hydrogen (secondary N) is 1. The topological polar surface area (TPSA) is 41.6 Å². The van der Waals surface area contributed by atoms with Crippen LogP contribution in [-0.2, 0) is 0 Å². The van der Waals surface area contributed by atoms with E-state index in [0.29, 0.717) is 17.9 Å². The smallest absolute Gasteiger partial charge is 0.255 e. The van der Waals surface area contributed by atoms with E-state index in [0.717, 1.165) is 18.8 Å². The van der Waals surface area contributed by atoms with Crippen LogP contribution < -0.4 is 15.0 Å². The van der Waals surface area contributed by atoms with E-state index in [9.17, 15) is 4.79 Å². The number of ether oxygens (including phenoxy) is 1. The highest BCUT2D eigenvalue weighted by Crippen LogP contribution is 2.24. The maximum absolute atomic E-state index is 12.4. The molecule has 0 atom stereocenters. The Labute approximate surface area is 137 Å². The van der Waals surface area contributed by atoms with E-state index in [1.807, 2.05) is 37.3 Å². The molecular formula is C19H22N2O2. The van der Waals surface area contributed by atoms with Gasteiger partial charge in [-0.25, -0.2) is 0 Å². The summed E-state index contributed by atoms with van der Waals surface area (Å²) < 4.78 is 5.45. The van der Waals surface area contributed by atoms with Crippen LogP contribution in [0.2, 0.25) is 0 Å². The van der Waals surface area contributed by atoms with E-state index < -0.39 is 0 Å². The molecule has 1 heterocycles. The first kappa shape index (κ1) is 15.4. The number of anilines is 2. The summed E-state index contributed by atoms with van der Waals surface area (Å²) in [5.74, 6) is 0.594. The largest absolute Gasteiger partial charge is 0.494 e. The average Bonchev–Trinajstić information content (AvgIpc) is 3.10. The lowest BCUT2D eigenvalue weighted by atomic mass is 10.2. The second-order valence-corrected chi connectivity index (χ2v) is 5.66. The summed E-state index contributed by atoms with van der Waals surface area (Å²) in [5.41, 5.74) is 2.59. The zero-order valence-electron chi connectivity index (χ0n) is 13.4.